The van der Waals surface area contributed by atoms with E-state index in [4.69, 9.17) is 5.11 Å². The van der Waals surface area contributed by atoms with E-state index in [0.29, 0.717) is 0 Å². The lowest BCUT2D eigenvalue weighted by Crippen LogP contribution is -2.36. The van der Waals surface area contributed by atoms with E-state index in [-0.39, 0.29) is 12.6 Å². The van der Waals surface area contributed by atoms with Crippen LogP contribution in [0.25, 0.3) is 0 Å². The Morgan fingerprint density at radius 1 is 1.88 bits per heavy atom. The third kappa shape index (κ3) is 3.32. The Hall–Kier alpha value is -0.870. The van der Waals surface area contributed by atoms with Gasteiger partial charge in [-0.2, -0.15) is 0 Å². The molecular weight excluding hydrogens is 108 g/mol. The van der Waals surface area contributed by atoms with Gasteiger partial charge in [-0.05, 0) is 6.08 Å². The lowest BCUT2D eigenvalue weighted by atomic mass is 10.6. The molecule has 0 aromatic heterocycles. The Morgan fingerprint density at radius 2 is 2.50 bits per heavy atom. The molecule has 4 heteroatoms. The van der Waals surface area contributed by atoms with Gasteiger partial charge in [-0.3, -0.25) is 10.2 Å². The Morgan fingerprint density at radius 3 is 2.88 bits per heavy atom. The van der Waals surface area contributed by atoms with Gasteiger partial charge in [0, 0.05) is 0 Å². The molecule has 0 atom stereocenters. The number of carbonyl (C=O) groups excluding carboxylic acids is 1. The van der Waals surface area contributed by atoms with Gasteiger partial charge < -0.3 is 5.11 Å². The van der Waals surface area contributed by atoms with Crippen LogP contribution in [0.2, 0.25) is 0 Å². The van der Waals surface area contributed by atoms with Gasteiger partial charge in [-0.25, -0.2) is 5.43 Å². The number of nitrogens with one attached hydrogen (secondary N) is 2. The second-order valence-electron chi connectivity index (χ2n) is 1.03. The number of hydrogen-bond donors (Lipinski definition) is 3. The molecule has 1 amide bonds. The van der Waals surface area contributed by atoms with E-state index in [2.05, 4.69) is 17.4 Å². The predicted octanol–water partition coefficient (Wildman–Crippen LogP) is -1.26. The molecule has 0 radical (unpaired) electrons. The first-order valence-corrected chi connectivity index (χ1v) is 2.07. The van der Waals surface area contributed by atoms with Gasteiger partial charge in [0.1, 0.15) is 6.73 Å². The van der Waals surface area contributed by atoms with Crippen LogP contribution >= 0.6 is 0 Å². The molecule has 0 aliphatic carbocycles. The quantitative estimate of drug-likeness (QED) is 0.245. The number of amides is 1. The third-order valence-electron chi connectivity index (χ3n) is 0.476. The summed E-state index contributed by atoms with van der Waals surface area (Å²) in [4.78, 5) is 10.2. The summed E-state index contributed by atoms with van der Waals surface area (Å²) in [5.74, 6) is -0.362. The summed E-state index contributed by atoms with van der Waals surface area (Å²) >= 11 is 0. The van der Waals surface area contributed by atoms with Gasteiger partial charge in [0.05, 0.1) is 0 Å². The second-order valence-corrected chi connectivity index (χ2v) is 1.03. The van der Waals surface area contributed by atoms with Crippen LogP contribution in [0.3, 0.4) is 0 Å². The number of hydrazine groups is 1. The summed E-state index contributed by atoms with van der Waals surface area (Å²) in [6.07, 6.45) is 1.10. The highest BCUT2D eigenvalue weighted by Crippen LogP contribution is 1.58. The van der Waals surface area contributed by atoms with E-state index < -0.39 is 0 Å². The van der Waals surface area contributed by atoms with E-state index in [1.165, 1.54) is 0 Å². The zero-order valence-corrected chi connectivity index (χ0v) is 4.35. The molecule has 0 saturated heterocycles. The fourth-order valence-corrected chi connectivity index (χ4v) is 0.178. The van der Waals surface area contributed by atoms with Crippen molar-refractivity contribution in [1.82, 2.24) is 10.9 Å². The van der Waals surface area contributed by atoms with Crippen molar-refractivity contribution in [1.29, 1.82) is 0 Å². The van der Waals surface area contributed by atoms with Gasteiger partial charge in [-0.15, -0.1) is 0 Å². The van der Waals surface area contributed by atoms with E-state index in [1.54, 1.807) is 0 Å². The molecule has 46 valence electrons. The molecule has 0 unspecified atom stereocenters. The smallest absolute Gasteiger partial charge is 0.257 e. The van der Waals surface area contributed by atoms with Crippen LogP contribution in [0, 0.1) is 0 Å². The van der Waals surface area contributed by atoms with Crippen LogP contribution in [-0.2, 0) is 4.79 Å². The standard InChI is InChI=1S/C4H8N2O2/c1-2-4(8)6-5-3-7/h2,5,7H,1,3H2,(H,6,8). The molecule has 0 aliphatic heterocycles. The highest BCUT2D eigenvalue weighted by molar-refractivity contribution is 5.86. The fraction of sp³-hybridized carbons (Fsp3) is 0.250. The van der Waals surface area contributed by atoms with E-state index >= 15 is 0 Å². The number of aliphatic hydroxyl groups is 1. The molecular formula is C4H8N2O2. The molecule has 8 heavy (non-hydrogen) atoms. The molecule has 0 aliphatic rings. The highest BCUT2D eigenvalue weighted by atomic mass is 16.3. The maximum atomic E-state index is 10.2. The van der Waals surface area contributed by atoms with Crippen molar-refractivity contribution in [2.75, 3.05) is 6.73 Å². The first-order chi connectivity index (χ1) is 3.81. The number of hydrogen-bond acceptors (Lipinski definition) is 3. The average Bonchev–Trinajstić information content (AvgIpc) is 1.83. The fourth-order valence-electron chi connectivity index (χ4n) is 0.178. The Labute approximate surface area is 47.2 Å². The molecule has 0 aromatic carbocycles. The highest BCUT2D eigenvalue weighted by Gasteiger charge is 1.86. The molecule has 4 nitrogen and oxygen atoms in total. The predicted molar refractivity (Wildman–Crippen MR) is 28.6 cm³/mol. The Bertz CT molecular complexity index is 92.0. The molecule has 3 N–H and O–H groups in total. The van der Waals surface area contributed by atoms with Crippen LogP contribution in [0.4, 0.5) is 0 Å². The van der Waals surface area contributed by atoms with Crippen molar-refractivity contribution in [2.24, 2.45) is 0 Å². The van der Waals surface area contributed by atoms with Crippen molar-refractivity contribution in [3.05, 3.63) is 12.7 Å². The zero-order valence-electron chi connectivity index (χ0n) is 4.35. The summed E-state index contributed by atoms with van der Waals surface area (Å²) in [5.41, 5.74) is 4.31. The molecule has 0 saturated carbocycles. The van der Waals surface area contributed by atoms with Crippen LogP contribution in [0.5, 0.6) is 0 Å². The Kier molecular flexibility index (Phi) is 3.83. The number of aliphatic hydroxyl groups excluding tert-OH is 1. The molecule has 0 aromatic rings. The minimum absolute atomic E-state index is 0.278. The summed E-state index contributed by atoms with van der Waals surface area (Å²) in [6, 6.07) is 0. The zero-order chi connectivity index (χ0) is 6.41. The number of rotatable bonds is 3. The van der Waals surface area contributed by atoms with Crippen LogP contribution in [0.15, 0.2) is 12.7 Å². The third-order valence-corrected chi connectivity index (χ3v) is 0.476. The minimum atomic E-state index is -0.362. The lowest BCUT2D eigenvalue weighted by Gasteiger charge is -1.97. The largest absolute Gasteiger partial charge is 0.380 e. The lowest BCUT2D eigenvalue weighted by molar-refractivity contribution is -0.117. The number of carbonyl (C=O) groups is 1. The van der Waals surface area contributed by atoms with E-state index in [1.807, 2.05) is 0 Å². The topological polar surface area (TPSA) is 61.4 Å². The molecule has 0 bridgehead atoms. The molecule has 0 rings (SSSR count). The average molecular weight is 116 g/mol. The summed E-state index contributed by atoms with van der Waals surface area (Å²) in [6.45, 7) is 2.90. The van der Waals surface area contributed by atoms with Gasteiger partial charge in [0.15, 0.2) is 0 Å². The van der Waals surface area contributed by atoms with Gasteiger partial charge >= 0.3 is 0 Å². The van der Waals surface area contributed by atoms with Crippen LogP contribution in [0.1, 0.15) is 0 Å². The SMILES string of the molecule is C=CC(=O)NNCO. The van der Waals surface area contributed by atoms with Gasteiger partial charge in [0.25, 0.3) is 5.91 Å². The van der Waals surface area contributed by atoms with Crippen molar-refractivity contribution in [3.8, 4) is 0 Å². The molecule has 0 fully saturated rings. The first-order valence-electron chi connectivity index (χ1n) is 2.07. The molecule has 0 spiro atoms. The van der Waals surface area contributed by atoms with Crippen molar-refractivity contribution < 1.29 is 9.90 Å². The summed E-state index contributed by atoms with van der Waals surface area (Å²) in [5, 5.41) is 8.05. The molecule has 0 heterocycles. The first kappa shape index (κ1) is 7.13. The minimum Gasteiger partial charge on any atom is -0.380 e. The van der Waals surface area contributed by atoms with Crippen molar-refractivity contribution in [2.45, 2.75) is 0 Å². The van der Waals surface area contributed by atoms with Crippen molar-refractivity contribution in [3.63, 3.8) is 0 Å². The Balaban J connectivity index is 3.11. The monoisotopic (exact) mass is 116 g/mol. The van der Waals surface area contributed by atoms with Crippen LogP contribution in [-0.4, -0.2) is 17.7 Å². The van der Waals surface area contributed by atoms with Crippen molar-refractivity contribution >= 4 is 5.91 Å². The second kappa shape index (κ2) is 4.29. The van der Waals surface area contributed by atoms with Crippen LogP contribution < -0.4 is 10.9 Å². The normalized spacial score (nSPS) is 8.12. The van der Waals surface area contributed by atoms with Gasteiger partial charge in [0.2, 0.25) is 0 Å². The van der Waals surface area contributed by atoms with E-state index in [9.17, 15) is 4.79 Å². The summed E-state index contributed by atoms with van der Waals surface area (Å²) < 4.78 is 0. The van der Waals surface area contributed by atoms with E-state index in [0.717, 1.165) is 6.08 Å². The summed E-state index contributed by atoms with van der Waals surface area (Å²) in [7, 11) is 0. The maximum absolute atomic E-state index is 10.2. The van der Waals surface area contributed by atoms with Gasteiger partial charge in [-0.1, -0.05) is 6.58 Å². The maximum Gasteiger partial charge on any atom is 0.257 e.